The van der Waals surface area contributed by atoms with Gasteiger partial charge in [-0.1, -0.05) is 46.9 Å². The lowest BCUT2D eigenvalue weighted by atomic mass is 10.0. The van der Waals surface area contributed by atoms with Crippen molar-refractivity contribution in [3.05, 3.63) is 68.4 Å². The summed E-state index contributed by atoms with van der Waals surface area (Å²) in [4.78, 5) is 12.1. The highest BCUT2D eigenvalue weighted by molar-refractivity contribution is 6.42. The third-order valence-electron chi connectivity index (χ3n) is 2.62. The number of rotatable bonds is 3. The molecule has 19 heavy (non-hydrogen) atoms. The number of halogens is 4. The van der Waals surface area contributed by atoms with Crippen LogP contribution in [0.4, 0.5) is 4.39 Å². The molecule has 0 aliphatic carbocycles. The summed E-state index contributed by atoms with van der Waals surface area (Å²) < 4.78 is 13.0. The largest absolute Gasteiger partial charge is 0.294 e. The van der Waals surface area contributed by atoms with Gasteiger partial charge in [0, 0.05) is 12.0 Å². The van der Waals surface area contributed by atoms with Crippen LogP contribution in [0, 0.1) is 5.82 Å². The average molecular weight is 318 g/mol. The van der Waals surface area contributed by atoms with E-state index in [1.807, 2.05) is 0 Å². The fourth-order valence-corrected chi connectivity index (χ4v) is 2.20. The first kappa shape index (κ1) is 14.3. The van der Waals surface area contributed by atoms with Crippen LogP contribution < -0.4 is 0 Å². The number of benzene rings is 2. The second-order valence-electron chi connectivity index (χ2n) is 3.94. The molecule has 2 aromatic rings. The van der Waals surface area contributed by atoms with Gasteiger partial charge in [-0.05, 0) is 29.8 Å². The Morgan fingerprint density at radius 1 is 1.05 bits per heavy atom. The van der Waals surface area contributed by atoms with Crippen LogP contribution in [-0.2, 0) is 6.42 Å². The van der Waals surface area contributed by atoms with Gasteiger partial charge in [-0.3, -0.25) is 4.79 Å². The van der Waals surface area contributed by atoms with Crippen LogP contribution >= 0.6 is 34.8 Å². The van der Waals surface area contributed by atoms with E-state index in [4.69, 9.17) is 34.8 Å². The molecule has 0 spiro atoms. The minimum absolute atomic E-state index is 0.0805. The van der Waals surface area contributed by atoms with E-state index in [2.05, 4.69) is 0 Å². The van der Waals surface area contributed by atoms with E-state index in [0.717, 1.165) is 6.07 Å². The molecule has 98 valence electrons. The van der Waals surface area contributed by atoms with Gasteiger partial charge in [-0.25, -0.2) is 4.39 Å². The number of hydrogen-bond acceptors (Lipinski definition) is 1. The summed E-state index contributed by atoms with van der Waals surface area (Å²) in [7, 11) is 0. The quantitative estimate of drug-likeness (QED) is 0.710. The third-order valence-corrected chi connectivity index (χ3v) is 3.77. The minimum Gasteiger partial charge on any atom is -0.294 e. The van der Waals surface area contributed by atoms with Crippen molar-refractivity contribution < 1.29 is 9.18 Å². The Morgan fingerprint density at radius 3 is 2.47 bits per heavy atom. The van der Waals surface area contributed by atoms with Crippen molar-refractivity contribution >= 4 is 40.6 Å². The Hall–Kier alpha value is -1.09. The van der Waals surface area contributed by atoms with E-state index in [1.54, 1.807) is 18.2 Å². The Morgan fingerprint density at radius 2 is 1.79 bits per heavy atom. The molecular formula is C14H8Cl3FO. The molecule has 0 fully saturated rings. The highest BCUT2D eigenvalue weighted by Gasteiger charge is 2.12. The first-order valence-corrected chi connectivity index (χ1v) is 6.53. The zero-order valence-electron chi connectivity index (χ0n) is 9.59. The van der Waals surface area contributed by atoms with Crippen molar-refractivity contribution in [2.45, 2.75) is 6.42 Å². The van der Waals surface area contributed by atoms with E-state index in [0.29, 0.717) is 21.2 Å². The summed E-state index contributed by atoms with van der Waals surface area (Å²) in [5.74, 6) is -0.759. The average Bonchev–Trinajstić information content (AvgIpc) is 2.38. The van der Waals surface area contributed by atoms with Gasteiger partial charge in [0.1, 0.15) is 5.82 Å². The van der Waals surface area contributed by atoms with Crippen molar-refractivity contribution in [3.8, 4) is 0 Å². The van der Waals surface area contributed by atoms with Crippen LogP contribution in [-0.4, -0.2) is 5.78 Å². The predicted molar refractivity (Wildman–Crippen MR) is 75.9 cm³/mol. The third kappa shape index (κ3) is 3.27. The molecule has 0 amide bonds. The van der Waals surface area contributed by atoms with Crippen molar-refractivity contribution in [1.82, 2.24) is 0 Å². The van der Waals surface area contributed by atoms with Crippen LogP contribution in [0.1, 0.15) is 15.9 Å². The lowest BCUT2D eigenvalue weighted by Gasteiger charge is -2.06. The molecule has 2 aromatic carbocycles. The summed E-state index contributed by atoms with van der Waals surface area (Å²) >= 11 is 17.5. The van der Waals surface area contributed by atoms with Gasteiger partial charge in [-0.15, -0.1) is 0 Å². The van der Waals surface area contributed by atoms with Crippen molar-refractivity contribution in [1.29, 1.82) is 0 Å². The van der Waals surface area contributed by atoms with Crippen LogP contribution in [0.25, 0.3) is 0 Å². The number of ketones is 1. The maximum Gasteiger partial charge on any atom is 0.167 e. The topological polar surface area (TPSA) is 17.1 Å². The molecule has 0 aliphatic heterocycles. The zero-order valence-corrected chi connectivity index (χ0v) is 11.9. The van der Waals surface area contributed by atoms with Crippen LogP contribution in [0.2, 0.25) is 15.1 Å². The summed E-state index contributed by atoms with van der Waals surface area (Å²) in [6.45, 7) is 0. The second-order valence-corrected chi connectivity index (χ2v) is 5.13. The van der Waals surface area contributed by atoms with Crippen LogP contribution in [0.15, 0.2) is 36.4 Å². The van der Waals surface area contributed by atoms with Gasteiger partial charge in [0.05, 0.1) is 15.1 Å². The molecule has 0 atom stereocenters. The number of hydrogen-bond donors (Lipinski definition) is 0. The molecule has 0 heterocycles. The van der Waals surface area contributed by atoms with E-state index in [9.17, 15) is 9.18 Å². The fraction of sp³-hybridized carbons (Fsp3) is 0.0714. The SMILES string of the molecule is O=C(Cc1cccc(Cl)c1Cl)c1ccc(F)c(Cl)c1. The first-order valence-electron chi connectivity index (χ1n) is 5.40. The van der Waals surface area contributed by atoms with Crippen LogP contribution in [0.3, 0.4) is 0 Å². The molecule has 0 saturated carbocycles. The Bertz CT molecular complexity index is 641. The normalized spacial score (nSPS) is 10.5. The highest BCUT2D eigenvalue weighted by Crippen LogP contribution is 2.27. The molecular weight excluding hydrogens is 310 g/mol. The second kappa shape index (κ2) is 5.91. The van der Waals surface area contributed by atoms with E-state index < -0.39 is 5.82 Å². The Kier molecular flexibility index (Phi) is 4.46. The molecule has 0 aromatic heterocycles. The van der Waals surface area contributed by atoms with Gasteiger partial charge in [0.2, 0.25) is 0 Å². The van der Waals surface area contributed by atoms with E-state index >= 15 is 0 Å². The number of Topliss-reactive ketones (excluding diaryl/α,β-unsaturated/α-hetero) is 1. The summed E-state index contributed by atoms with van der Waals surface area (Å²) in [6.07, 6.45) is 0.0847. The number of carbonyl (C=O) groups excluding carboxylic acids is 1. The Labute approximate surface area is 124 Å². The molecule has 2 rings (SSSR count). The van der Waals surface area contributed by atoms with Gasteiger partial charge in [0.15, 0.2) is 5.78 Å². The van der Waals surface area contributed by atoms with Crippen LogP contribution in [0.5, 0.6) is 0 Å². The van der Waals surface area contributed by atoms with E-state index in [-0.39, 0.29) is 17.2 Å². The predicted octanol–water partition coefficient (Wildman–Crippen LogP) is 5.21. The smallest absolute Gasteiger partial charge is 0.167 e. The molecule has 0 saturated heterocycles. The fourth-order valence-electron chi connectivity index (χ4n) is 1.63. The lowest BCUT2D eigenvalue weighted by Crippen LogP contribution is -2.04. The molecule has 0 N–H and O–H groups in total. The first-order chi connectivity index (χ1) is 8.99. The molecule has 0 radical (unpaired) electrons. The van der Waals surface area contributed by atoms with Crippen molar-refractivity contribution in [3.63, 3.8) is 0 Å². The molecule has 0 aliphatic rings. The lowest BCUT2D eigenvalue weighted by molar-refractivity contribution is 0.0993. The van der Waals surface area contributed by atoms with Gasteiger partial charge in [-0.2, -0.15) is 0 Å². The molecule has 1 nitrogen and oxygen atoms in total. The van der Waals surface area contributed by atoms with Gasteiger partial charge in [0.25, 0.3) is 0 Å². The van der Waals surface area contributed by atoms with Crippen molar-refractivity contribution in [2.24, 2.45) is 0 Å². The summed E-state index contributed by atoms with van der Waals surface area (Å²) in [5, 5.41) is 0.665. The minimum atomic E-state index is -0.556. The zero-order chi connectivity index (χ0) is 14.0. The number of carbonyl (C=O) groups is 1. The standard InChI is InChI=1S/C14H8Cl3FO/c15-10-3-1-2-9(14(10)17)7-13(19)8-4-5-12(18)11(16)6-8/h1-6H,7H2. The summed E-state index contributed by atoms with van der Waals surface area (Å²) in [6, 6.07) is 8.94. The highest BCUT2D eigenvalue weighted by atomic mass is 35.5. The van der Waals surface area contributed by atoms with Gasteiger partial charge >= 0.3 is 0 Å². The Balaban J connectivity index is 2.26. The monoisotopic (exact) mass is 316 g/mol. The van der Waals surface area contributed by atoms with Gasteiger partial charge < -0.3 is 0 Å². The molecule has 5 heteroatoms. The van der Waals surface area contributed by atoms with Crippen molar-refractivity contribution in [2.75, 3.05) is 0 Å². The maximum atomic E-state index is 13.0. The van der Waals surface area contributed by atoms with E-state index in [1.165, 1.54) is 12.1 Å². The summed E-state index contributed by atoms with van der Waals surface area (Å²) in [5.41, 5.74) is 0.960. The molecule has 0 bridgehead atoms. The molecule has 0 unspecified atom stereocenters. The maximum absolute atomic E-state index is 13.0.